The van der Waals surface area contributed by atoms with E-state index in [4.69, 9.17) is 0 Å². The fourth-order valence-electron chi connectivity index (χ4n) is 1.26. The summed E-state index contributed by atoms with van der Waals surface area (Å²) < 4.78 is 1.75. The van der Waals surface area contributed by atoms with Gasteiger partial charge in [-0.2, -0.15) is 0 Å². The van der Waals surface area contributed by atoms with Gasteiger partial charge < -0.3 is 5.32 Å². The molecule has 0 unspecified atom stereocenters. The maximum Gasteiger partial charge on any atom is 0.0964 e. The van der Waals surface area contributed by atoms with E-state index < -0.39 is 0 Å². The summed E-state index contributed by atoms with van der Waals surface area (Å²) >= 11 is 0. The molecule has 6 nitrogen and oxygen atoms in total. The highest BCUT2D eigenvalue weighted by molar-refractivity contribution is 4.97. The number of aromatic nitrogens is 5. The van der Waals surface area contributed by atoms with E-state index in [0.717, 1.165) is 17.9 Å². The van der Waals surface area contributed by atoms with Crippen LogP contribution in [0.2, 0.25) is 0 Å². The Morgan fingerprint density at radius 2 is 2.27 bits per heavy atom. The molecule has 0 aromatic carbocycles. The van der Waals surface area contributed by atoms with Crippen LogP contribution in [-0.4, -0.2) is 32.0 Å². The molecule has 2 rings (SSSR count). The van der Waals surface area contributed by atoms with Gasteiger partial charge in [-0.1, -0.05) is 5.21 Å². The van der Waals surface area contributed by atoms with Crippen LogP contribution in [0.15, 0.2) is 24.8 Å². The number of hydrogen-bond acceptors (Lipinski definition) is 5. The summed E-state index contributed by atoms with van der Waals surface area (Å²) in [5.74, 6) is 0. The largest absolute Gasteiger partial charge is 0.314 e. The highest BCUT2D eigenvalue weighted by atomic mass is 15.4. The van der Waals surface area contributed by atoms with Gasteiger partial charge in [0.2, 0.25) is 0 Å². The molecule has 1 N–H and O–H groups in total. The summed E-state index contributed by atoms with van der Waals surface area (Å²) in [4.78, 5) is 8.15. The van der Waals surface area contributed by atoms with E-state index in [9.17, 15) is 0 Å². The lowest BCUT2D eigenvalue weighted by Crippen LogP contribution is -2.05. The quantitative estimate of drug-likeness (QED) is 0.749. The molecule has 2 heterocycles. The van der Waals surface area contributed by atoms with Gasteiger partial charge in [-0.05, 0) is 7.05 Å². The molecule has 2 aromatic rings. The van der Waals surface area contributed by atoms with Gasteiger partial charge in [0.1, 0.15) is 0 Å². The SMILES string of the molecule is CNCc1cn(Cc2cnccn2)nn1. The summed E-state index contributed by atoms with van der Waals surface area (Å²) in [6, 6.07) is 0. The molecule has 0 saturated carbocycles. The Labute approximate surface area is 87.4 Å². The molecular formula is C9H12N6. The first-order valence-electron chi connectivity index (χ1n) is 4.67. The van der Waals surface area contributed by atoms with Crippen molar-refractivity contribution in [3.8, 4) is 0 Å². The fourth-order valence-corrected chi connectivity index (χ4v) is 1.26. The van der Waals surface area contributed by atoms with Crippen molar-refractivity contribution in [3.05, 3.63) is 36.2 Å². The third-order valence-corrected chi connectivity index (χ3v) is 1.88. The van der Waals surface area contributed by atoms with Gasteiger partial charge in [0, 0.05) is 18.9 Å². The van der Waals surface area contributed by atoms with E-state index in [1.54, 1.807) is 23.3 Å². The van der Waals surface area contributed by atoms with E-state index >= 15 is 0 Å². The number of rotatable bonds is 4. The molecule has 0 aliphatic rings. The van der Waals surface area contributed by atoms with Crippen molar-refractivity contribution < 1.29 is 0 Å². The monoisotopic (exact) mass is 204 g/mol. The maximum absolute atomic E-state index is 4.16. The minimum atomic E-state index is 0.602. The number of nitrogens with one attached hydrogen (secondary N) is 1. The third kappa shape index (κ3) is 2.57. The molecule has 6 heteroatoms. The van der Waals surface area contributed by atoms with E-state index in [-0.39, 0.29) is 0 Å². The van der Waals surface area contributed by atoms with Crippen molar-refractivity contribution in [1.82, 2.24) is 30.3 Å². The molecule has 0 bridgehead atoms. The molecule has 0 atom stereocenters. The average Bonchev–Trinajstić information content (AvgIpc) is 2.68. The fraction of sp³-hybridized carbons (Fsp3) is 0.333. The van der Waals surface area contributed by atoms with Crippen molar-refractivity contribution in [2.45, 2.75) is 13.1 Å². The Morgan fingerprint density at radius 1 is 1.33 bits per heavy atom. The van der Waals surface area contributed by atoms with Crippen LogP contribution in [0.1, 0.15) is 11.4 Å². The normalized spacial score (nSPS) is 10.5. The Balaban J connectivity index is 2.05. The highest BCUT2D eigenvalue weighted by Crippen LogP contribution is 1.97. The lowest BCUT2D eigenvalue weighted by Gasteiger charge is -1.97. The van der Waals surface area contributed by atoms with Gasteiger partial charge in [0.25, 0.3) is 0 Å². The van der Waals surface area contributed by atoms with E-state index in [1.165, 1.54) is 0 Å². The van der Waals surface area contributed by atoms with Gasteiger partial charge in [-0.25, -0.2) is 4.68 Å². The summed E-state index contributed by atoms with van der Waals surface area (Å²) in [5.41, 5.74) is 1.79. The molecule has 2 aromatic heterocycles. The Kier molecular flexibility index (Phi) is 2.99. The Hall–Kier alpha value is -1.82. The first-order valence-corrected chi connectivity index (χ1v) is 4.67. The second kappa shape index (κ2) is 4.61. The molecular weight excluding hydrogens is 192 g/mol. The molecule has 0 radical (unpaired) electrons. The smallest absolute Gasteiger partial charge is 0.0964 e. The van der Waals surface area contributed by atoms with Crippen LogP contribution in [-0.2, 0) is 13.1 Å². The molecule has 0 aliphatic carbocycles. The Morgan fingerprint density at radius 3 is 3.00 bits per heavy atom. The lowest BCUT2D eigenvalue weighted by atomic mass is 10.4. The van der Waals surface area contributed by atoms with Crippen LogP contribution in [0, 0.1) is 0 Å². The van der Waals surface area contributed by atoms with Crippen molar-refractivity contribution in [1.29, 1.82) is 0 Å². The van der Waals surface area contributed by atoms with Crippen LogP contribution in [0.3, 0.4) is 0 Å². The van der Waals surface area contributed by atoms with E-state index in [1.807, 2.05) is 13.2 Å². The van der Waals surface area contributed by atoms with Crippen molar-refractivity contribution >= 4 is 0 Å². The van der Waals surface area contributed by atoms with Gasteiger partial charge in [0.05, 0.1) is 30.3 Å². The van der Waals surface area contributed by atoms with Crippen molar-refractivity contribution in [3.63, 3.8) is 0 Å². The van der Waals surface area contributed by atoms with Gasteiger partial charge in [-0.3, -0.25) is 9.97 Å². The molecule has 0 fully saturated rings. The second-order valence-corrected chi connectivity index (χ2v) is 3.13. The summed E-state index contributed by atoms with van der Waals surface area (Å²) in [7, 11) is 1.88. The number of hydrogen-bond donors (Lipinski definition) is 1. The zero-order chi connectivity index (χ0) is 10.5. The van der Waals surface area contributed by atoms with Crippen LogP contribution < -0.4 is 5.32 Å². The van der Waals surface area contributed by atoms with Crippen LogP contribution in [0.4, 0.5) is 0 Å². The summed E-state index contributed by atoms with van der Waals surface area (Å²) in [6.45, 7) is 1.32. The molecule has 0 spiro atoms. The first kappa shape index (κ1) is 9.72. The minimum absolute atomic E-state index is 0.602. The summed E-state index contributed by atoms with van der Waals surface area (Å²) in [6.07, 6.45) is 6.93. The van der Waals surface area contributed by atoms with Gasteiger partial charge in [-0.15, -0.1) is 5.10 Å². The maximum atomic E-state index is 4.16. The zero-order valence-electron chi connectivity index (χ0n) is 8.46. The van der Waals surface area contributed by atoms with E-state index in [0.29, 0.717) is 6.54 Å². The molecule has 0 saturated heterocycles. The van der Waals surface area contributed by atoms with Crippen molar-refractivity contribution in [2.75, 3.05) is 7.05 Å². The predicted octanol–water partition coefficient (Wildman–Crippen LogP) is -0.164. The minimum Gasteiger partial charge on any atom is -0.314 e. The average molecular weight is 204 g/mol. The van der Waals surface area contributed by atoms with E-state index in [2.05, 4.69) is 25.6 Å². The summed E-state index contributed by atoms with van der Waals surface area (Å²) in [5, 5.41) is 11.0. The van der Waals surface area contributed by atoms with Crippen LogP contribution in [0.5, 0.6) is 0 Å². The topological polar surface area (TPSA) is 68.5 Å². The number of nitrogens with zero attached hydrogens (tertiary/aromatic N) is 5. The zero-order valence-corrected chi connectivity index (χ0v) is 8.46. The highest BCUT2D eigenvalue weighted by Gasteiger charge is 2.00. The van der Waals surface area contributed by atoms with Crippen LogP contribution >= 0.6 is 0 Å². The lowest BCUT2D eigenvalue weighted by molar-refractivity contribution is 0.636. The molecule has 15 heavy (non-hydrogen) atoms. The van der Waals surface area contributed by atoms with Crippen molar-refractivity contribution in [2.24, 2.45) is 0 Å². The second-order valence-electron chi connectivity index (χ2n) is 3.13. The Bertz CT molecular complexity index is 410. The van der Waals surface area contributed by atoms with Crippen LogP contribution in [0.25, 0.3) is 0 Å². The first-order chi connectivity index (χ1) is 7.38. The van der Waals surface area contributed by atoms with Gasteiger partial charge >= 0.3 is 0 Å². The predicted molar refractivity (Wildman–Crippen MR) is 53.9 cm³/mol. The van der Waals surface area contributed by atoms with Gasteiger partial charge in [0.15, 0.2) is 0 Å². The molecule has 78 valence electrons. The third-order valence-electron chi connectivity index (χ3n) is 1.88. The molecule has 0 aliphatic heterocycles. The molecule has 0 amide bonds. The standard InChI is InChI=1S/C9H12N6/c1-10-4-9-7-15(14-13-9)6-8-5-11-2-3-12-8/h2-3,5,7,10H,4,6H2,1H3.